The summed E-state index contributed by atoms with van der Waals surface area (Å²) >= 11 is 1.72. The molecule has 2 unspecified atom stereocenters. The van der Waals surface area contributed by atoms with Gasteiger partial charge in [0.1, 0.15) is 0 Å². The Morgan fingerprint density at radius 3 is 2.52 bits per heavy atom. The Morgan fingerprint density at radius 2 is 2.00 bits per heavy atom. The summed E-state index contributed by atoms with van der Waals surface area (Å²) in [6, 6.07) is 0.354. The number of likely N-dealkylation sites (N-methyl/N-ethyl adjacent to an activating group) is 1. The van der Waals surface area contributed by atoms with Gasteiger partial charge in [0.15, 0.2) is 0 Å². The number of hydrogen-bond acceptors (Lipinski definition) is 5. The van der Waals surface area contributed by atoms with Crippen LogP contribution in [0.25, 0.3) is 0 Å². The number of thiazole rings is 1. The van der Waals surface area contributed by atoms with Crippen molar-refractivity contribution in [1.82, 2.24) is 15.2 Å². The molecule has 0 bridgehead atoms. The van der Waals surface area contributed by atoms with Crippen molar-refractivity contribution < 1.29 is 4.74 Å². The summed E-state index contributed by atoms with van der Waals surface area (Å²) in [7, 11) is 4.21. The van der Waals surface area contributed by atoms with Crippen LogP contribution in [0.5, 0.6) is 0 Å². The Labute approximate surface area is 132 Å². The smallest absolute Gasteiger partial charge is 0.0897 e. The number of aryl methyl sites for hydroxylation is 1. The second-order valence-electron chi connectivity index (χ2n) is 7.24. The Morgan fingerprint density at radius 1 is 1.33 bits per heavy atom. The lowest BCUT2D eigenvalue weighted by Crippen LogP contribution is -2.49. The average molecular weight is 311 g/mol. The highest BCUT2D eigenvalue weighted by atomic mass is 32.1. The molecular formula is C16H29N3OS. The first-order valence-corrected chi connectivity index (χ1v) is 8.50. The SMILES string of the molecule is CNC1C(CN(C)Cc2csc(C)n2)C(C)(C)OC1(C)C. The zero-order valence-electron chi connectivity index (χ0n) is 14.4. The van der Waals surface area contributed by atoms with Gasteiger partial charge in [-0.3, -0.25) is 0 Å². The van der Waals surface area contributed by atoms with Crippen molar-refractivity contribution in [3.05, 3.63) is 16.1 Å². The molecule has 5 heteroatoms. The van der Waals surface area contributed by atoms with Crippen LogP contribution in [0.4, 0.5) is 0 Å². The molecule has 21 heavy (non-hydrogen) atoms. The molecule has 2 atom stereocenters. The summed E-state index contributed by atoms with van der Waals surface area (Å²) in [5, 5.41) is 6.76. The highest BCUT2D eigenvalue weighted by Crippen LogP contribution is 2.42. The van der Waals surface area contributed by atoms with E-state index in [-0.39, 0.29) is 11.2 Å². The predicted molar refractivity (Wildman–Crippen MR) is 88.8 cm³/mol. The van der Waals surface area contributed by atoms with E-state index in [0.717, 1.165) is 23.8 Å². The summed E-state index contributed by atoms with van der Waals surface area (Å²) < 4.78 is 6.30. The topological polar surface area (TPSA) is 37.4 Å². The van der Waals surface area contributed by atoms with E-state index in [1.54, 1.807) is 11.3 Å². The van der Waals surface area contributed by atoms with Crippen molar-refractivity contribution in [2.75, 3.05) is 20.6 Å². The fourth-order valence-electron chi connectivity index (χ4n) is 3.73. The van der Waals surface area contributed by atoms with Crippen molar-refractivity contribution in [2.45, 2.75) is 58.4 Å². The Balaban J connectivity index is 2.06. The summed E-state index contributed by atoms with van der Waals surface area (Å²) in [6.07, 6.45) is 0. The normalized spacial score (nSPS) is 27.4. The van der Waals surface area contributed by atoms with Crippen molar-refractivity contribution in [3.8, 4) is 0 Å². The van der Waals surface area contributed by atoms with Gasteiger partial charge < -0.3 is 15.0 Å². The third kappa shape index (κ3) is 3.65. The molecule has 0 aromatic carbocycles. The van der Waals surface area contributed by atoms with Crippen molar-refractivity contribution in [2.24, 2.45) is 5.92 Å². The molecule has 0 spiro atoms. The summed E-state index contributed by atoms with van der Waals surface area (Å²) in [5.41, 5.74) is 0.904. The fraction of sp³-hybridized carbons (Fsp3) is 0.812. The van der Waals surface area contributed by atoms with Gasteiger partial charge in [0.05, 0.1) is 21.9 Å². The van der Waals surface area contributed by atoms with Gasteiger partial charge in [-0.2, -0.15) is 0 Å². The number of ether oxygens (including phenoxy) is 1. The second kappa shape index (κ2) is 5.95. The summed E-state index contributed by atoms with van der Waals surface area (Å²) in [4.78, 5) is 6.92. The zero-order chi connectivity index (χ0) is 15.8. The quantitative estimate of drug-likeness (QED) is 0.907. The van der Waals surface area contributed by atoms with Crippen molar-refractivity contribution >= 4 is 11.3 Å². The van der Waals surface area contributed by atoms with Gasteiger partial charge in [-0.15, -0.1) is 11.3 Å². The molecule has 4 nitrogen and oxygen atoms in total. The molecule has 1 saturated heterocycles. The summed E-state index contributed by atoms with van der Waals surface area (Å²) in [5.74, 6) is 0.447. The monoisotopic (exact) mass is 311 g/mol. The van der Waals surface area contributed by atoms with E-state index in [4.69, 9.17) is 4.74 Å². The lowest BCUT2D eigenvalue weighted by atomic mass is 9.82. The van der Waals surface area contributed by atoms with Crippen LogP contribution in [0.15, 0.2) is 5.38 Å². The number of nitrogens with zero attached hydrogens (tertiary/aromatic N) is 2. The molecule has 0 saturated carbocycles. The third-order valence-electron chi connectivity index (χ3n) is 4.49. The molecule has 1 aliphatic heterocycles. The molecule has 1 fully saturated rings. The second-order valence-corrected chi connectivity index (χ2v) is 8.30. The predicted octanol–water partition coefficient (Wildman–Crippen LogP) is 2.67. The minimum atomic E-state index is -0.138. The van der Waals surface area contributed by atoms with E-state index in [1.165, 1.54) is 0 Å². The van der Waals surface area contributed by atoms with Crippen LogP contribution >= 0.6 is 11.3 Å². The molecule has 2 heterocycles. The van der Waals surface area contributed by atoms with Gasteiger partial charge >= 0.3 is 0 Å². The molecule has 1 aliphatic rings. The molecule has 1 aromatic rings. The van der Waals surface area contributed by atoms with Gasteiger partial charge in [-0.25, -0.2) is 4.98 Å². The molecule has 0 radical (unpaired) electrons. The molecular weight excluding hydrogens is 282 g/mol. The van der Waals surface area contributed by atoms with Crippen LogP contribution in [-0.4, -0.2) is 47.8 Å². The highest BCUT2D eigenvalue weighted by Gasteiger charge is 2.53. The van der Waals surface area contributed by atoms with Gasteiger partial charge in [0.25, 0.3) is 0 Å². The van der Waals surface area contributed by atoms with E-state index >= 15 is 0 Å². The third-order valence-corrected chi connectivity index (χ3v) is 5.31. The van der Waals surface area contributed by atoms with E-state index in [0.29, 0.717) is 12.0 Å². The maximum absolute atomic E-state index is 6.30. The lowest BCUT2D eigenvalue weighted by Gasteiger charge is -2.32. The standard InChI is InChI=1S/C16H29N3OS/c1-11-18-12(10-21-11)8-19(7)9-13-14(17-6)16(4,5)20-15(13,2)3/h10,13-14,17H,8-9H2,1-7H3. The molecule has 120 valence electrons. The van der Waals surface area contributed by atoms with Crippen LogP contribution in [0.3, 0.4) is 0 Å². The average Bonchev–Trinajstić information content (AvgIpc) is 2.78. The molecule has 1 aromatic heterocycles. The number of rotatable bonds is 5. The van der Waals surface area contributed by atoms with Crippen molar-refractivity contribution in [1.29, 1.82) is 0 Å². The minimum absolute atomic E-state index is 0.122. The largest absolute Gasteiger partial charge is 0.368 e. The molecule has 2 rings (SSSR count). The van der Waals surface area contributed by atoms with E-state index in [1.807, 2.05) is 7.05 Å². The van der Waals surface area contributed by atoms with Gasteiger partial charge in [0.2, 0.25) is 0 Å². The Kier molecular flexibility index (Phi) is 4.78. The van der Waals surface area contributed by atoms with Crippen LogP contribution in [0, 0.1) is 12.8 Å². The van der Waals surface area contributed by atoms with Crippen molar-refractivity contribution in [3.63, 3.8) is 0 Å². The summed E-state index contributed by atoms with van der Waals surface area (Å²) in [6.45, 7) is 12.7. The van der Waals surface area contributed by atoms with E-state index in [2.05, 4.69) is 62.2 Å². The number of nitrogens with one attached hydrogen (secondary N) is 1. The first-order chi connectivity index (χ1) is 9.65. The van der Waals surface area contributed by atoms with E-state index < -0.39 is 0 Å². The first kappa shape index (κ1) is 16.9. The maximum atomic E-state index is 6.30. The molecule has 0 amide bonds. The minimum Gasteiger partial charge on any atom is -0.368 e. The highest BCUT2D eigenvalue weighted by molar-refractivity contribution is 7.09. The van der Waals surface area contributed by atoms with E-state index in [9.17, 15) is 0 Å². The molecule has 0 aliphatic carbocycles. The van der Waals surface area contributed by atoms with Gasteiger partial charge in [-0.1, -0.05) is 0 Å². The number of aromatic nitrogens is 1. The zero-order valence-corrected chi connectivity index (χ0v) is 15.2. The van der Waals surface area contributed by atoms with Crippen LogP contribution < -0.4 is 5.32 Å². The van der Waals surface area contributed by atoms with Gasteiger partial charge in [0, 0.05) is 30.4 Å². The Bertz CT molecular complexity index is 484. The lowest BCUT2D eigenvalue weighted by molar-refractivity contribution is -0.0791. The number of hydrogen-bond donors (Lipinski definition) is 1. The maximum Gasteiger partial charge on any atom is 0.0897 e. The fourth-order valence-corrected chi connectivity index (χ4v) is 4.34. The van der Waals surface area contributed by atoms with Crippen LogP contribution in [0.1, 0.15) is 38.4 Å². The van der Waals surface area contributed by atoms with Crippen LogP contribution in [-0.2, 0) is 11.3 Å². The Hall–Kier alpha value is -0.490. The molecule has 1 N–H and O–H groups in total. The first-order valence-electron chi connectivity index (χ1n) is 7.62. The van der Waals surface area contributed by atoms with Crippen LogP contribution in [0.2, 0.25) is 0 Å². The van der Waals surface area contributed by atoms with Gasteiger partial charge in [-0.05, 0) is 48.7 Å².